The number of rotatable bonds is 8. The Kier molecular flexibility index (Phi) is 6.58. The van der Waals surface area contributed by atoms with Crippen molar-refractivity contribution in [2.75, 3.05) is 11.9 Å². The van der Waals surface area contributed by atoms with Gasteiger partial charge in [-0.1, -0.05) is 41.9 Å². The number of nitrogens with zero attached hydrogens (tertiary/aromatic N) is 2. The van der Waals surface area contributed by atoms with Crippen LogP contribution in [0.2, 0.25) is 5.02 Å². The summed E-state index contributed by atoms with van der Waals surface area (Å²) in [5.74, 6) is -0.439. The highest BCUT2D eigenvalue weighted by atomic mass is 35.5. The fraction of sp³-hybridized carbons (Fsp3) is 0.208. The fourth-order valence-corrected chi connectivity index (χ4v) is 4.39. The van der Waals surface area contributed by atoms with Crippen LogP contribution in [0.3, 0.4) is 0 Å². The average molecular weight is 467 g/mol. The van der Waals surface area contributed by atoms with E-state index in [9.17, 15) is 9.59 Å². The molecule has 0 saturated carbocycles. The van der Waals surface area contributed by atoms with Crippen molar-refractivity contribution in [2.24, 2.45) is 0 Å². The van der Waals surface area contributed by atoms with E-state index >= 15 is 0 Å². The van der Waals surface area contributed by atoms with Gasteiger partial charge < -0.3 is 15.2 Å². The van der Waals surface area contributed by atoms with Gasteiger partial charge in [-0.3, -0.25) is 14.5 Å². The van der Waals surface area contributed by atoms with Crippen LogP contribution in [0.5, 0.6) is 0 Å². The van der Waals surface area contributed by atoms with Crippen LogP contribution < -0.4 is 5.32 Å². The predicted molar refractivity (Wildman–Crippen MR) is 131 cm³/mol. The molecule has 1 aliphatic heterocycles. The Bertz CT molecular complexity index is 1190. The number of fused-ring (bicyclic) bond motifs is 1. The Morgan fingerprint density at radius 2 is 2.06 bits per heavy atom. The minimum absolute atomic E-state index is 0.0171. The lowest BCUT2D eigenvalue weighted by atomic mass is 10.1. The topological polar surface area (TPSA) is 68.4 Å². The third kappa shape index (κ3) is 4.54. The lowest BCUT2D eigenvalue weighted by molar-refractivity contribution is -0.130. The molecule has 4 rings (SSSR count). The Balaban J connectivity index is 1.53. The number of carbonyl (C=O) groups is 2. The number of hydrogen-bond acceptors (Lipinski definition) is 3. The predicted octanol–water partition coefficient (Wildman–Crippen LogP) is 4.72. The molecular formula is C24H23ClN4O2S. The molecule has 1 unspecified atom stereocenters. The SMILES string of the molecule is C=CCCN1C(=O)C(CC(=O)Nc2ccc3cc[nH]c3c2)N(Cc2ccccc2Cl)C1=S. The molecule has 1 saturated heterocycles. The Morgan fingerprint density at radius 3 is 2.84 bits per heavy atom. The van der Waals surface area contributed by atoms with E-state index in [1.165, 1.54) is 0 Å². The molecule has 0 bridgehead atoms. The third-order valence-corrected chi connectivity index (χ3v) is 6.30. The van der Waals surface area contributed by atoms with Crippen molar-refractivity contribution in [2.45, 2.75) is 25.4 Å². The Labute approximate surface area is 196 Å². The van der Waals surface area contributed by atoms with Gasteiger partial charge >= 0.3 is 0 Å². The Morgan fingerprint density at radius 1 is 1.25 bits per heavy atom. The highest BCUT2D eigenvalue weighted by Gasteiger charge is 2.43. The quantitative estimate of drug-likeness (QED) is 0.372. The first-order chi connectivity index (χ1) is 15.5. The standard InChI is InChI=1S/C24H23ClN4O2S/c1-2-3-12-28-23(31)21(29(24(28)32)15-17-6-4-5-7-19(17)25)14-22(30)27-18-9-8-16-10-11-26-20(16)13-18/h2,4-11,13,21,26H,1,3,12,14-15H2,(H,27,30). The lowest BCUT2D eigenvalue weighted by Crippen LogP contribution is -2.37. The fourth-order valence-electron chi connectivity index (χ4n) is 3.82. The van der Waals surface area contributed by atoms with E-state index in [2.05, 4.69) is 16.9 Å². The molecule has 0 spiro atoms. The van der Waals surface area contributed by atoms with Crippen molar-refractivity contribution in [3.8, 4) is 0 Å². The van der Waals surface area contributed by atoms with Gasteiger partial charge in [0.25, 0.3) is 5.91 Å². The van der Waals surface area contributed by atoms with Crippen molar-refractivity contribution in [1.82, 2.24) is 14.8 Å². The molecule has 32 heavy (non-hydrogen) atoms. The zero-order valence-electron chi connectivity index (χ0n) is 17.4. The second-order valence-electron chi connectivity index (χ2n) is 7.62. The third-order valence-electron chi connectivity index (χ3n) is 5.48. The zero-order chi connectivity index (χ0) is 22.7. The second-order valence-corrected chi connectivity index (χ2v) is 8.39. The number of aromatic nitrogens is 1. The summed E-state index contributed by atoms with van der Waals surface area (Å²) in [4.78, 5) is 32.5. The lowest BCUT2D eigenvalue weighted by Gasteiger charge is -2.24. The number of thiocarbonyl (C=S) groups is 1. The number of nitrogens with one attached hydrogen (secondary N) is 2. The van der Waals surface area contributed by atoms with Gasteiger partial charge in [-0.2, -0.15) is 0 Å². The minimum atomic E-state index is -0.696. The van der Waals surface area contributed by atoms with Crippen molar-refractivity contribution in [3.05, 3.63) is 78.0 Å². The van der Waals surface area contributed by atoms with Crippen LogP contribution in [0.1, 0.15) is 18.4 Å². The van der Waals surface area contributed by atoms with E-state index in [-0.39, 0.29) is 18.2 Å². The van der Waals surface area contributed by atoms with E-state index in [1.807, 2.05) is 48.7 Å². The summed E-state index contributed by atoms with van der Waals surface area (Å²) < 4.78 is 0. The molecule has 2 amide bonds. The van der Waals surface area contributed by atoms with Crippen molar-refractivity contribution in [3.63, 3.8) is 0 Å². The maximum absolute atomic E-state index is 13.2. The average Bonchev–Trinajstić information content (AvgIpc) is 3.32. The molecule has 1 aromatic heterocycles. The van der Waals surface area contributed by atoms with Crippen LogP contribution in [0.15, 0.2) is 67.4 Å². The first kappa shape index (κ1) is 22.0. The van der Waals surface area contributed by atoms with E-state index in [4.69, 9.17) is 23.8 Å². The van der Waals surface area contributed by atoms with Crippen LogP contribution in [-0.4, -0.2) is 44.3 Å². The molecule has 3 aromatic rings. The summed E-state index contributed by atoms with van der Waals surface area (Å²) >= 11 is 12.0. The Hall–Kier alpha value is -3.16. The van der Waals surface area contributed by atoms with Crippen molar-refractivity contribution in [1.29, 1.82) is 0 Å². The molecule has 2 heterocycles. The zero-order valence-corrected chi connectivity index (χ0v) is 19.0. The molecule has 0 aliphatic carbocycles. The number of hydrogen-bond donors (Lipinski definition) is 2. The monoisotopic (exact) mass is 466 g/mol. The molecular weight excluding hydrogens is 444 g/mol. The highest BCUT2D eigenvalue weighted by Crippen LogP contribution is 2.27. The van der Waals surface area contributed by atoms with Gasteiger partial charge in [0.15, 0.2) is 5.11 Å². The molecule has 2 N–H and O–H groups in total. The van der Waals surface area contributed by atoms with E-state index < -0.39 is 6.04 Å². The minimum Gasteiger partial charge on any atom is -0.361 e. The number of halogens is 1. The van der Waals surface area contributed by atoms with Gasteiger partial charge in [0.2, 0.25) is 5.91 Å². The summed E-state index contributed by atoms with van der Waals surface area (Å²) in [5, 5.41) is 4.95. The maximum atomic E-state index is 13.2. The van der Waals surface area contributed by atoms with Crippen LogP contribution in [0.25, 0.3) is 10.9 Å². The second kappa shape index (κ2) is 9.54. The van der Waals surface area contributed by atoms with Crippen molar-refractivity contribution >= 4 is 57.3 Å². The summed E-state index contributed by atoms with van der Waals surface area (Å²) in [6.07, 6.45) is 4.18. The van der Waals surface area contributed by atoms with Gasteiger partial charge in [-0.15, -0.1) is 6.58 Å². The van der Waals surface area contributed by atoms with E-state index in [0.29, 0.717) is 35.3 Å². The van der Waals surface area contributed by atoms with Gasteiger partial charge in [0.05, 0.1) is 6.42 Å². The molecule has 1 aliphatic rings. The molecule has 0 radical (unpaired) electrons. The number of anilines is 1. The molecule has 2 aromatic carbocycles. The van der Waals surface area contributed by atoms with Gasteiger partial charge in [0.1, 0.15) is 6.04 Å². The molecule has 1 fully saturated rings. The largest absolute Gasteiger partial charge is 0.361 e. The number of H-pyrrole nitrogens is 1. The van der Waals surface area contributed by atoms with Gasteiger partial charge in [-0.05, 0) is 53.9 Å². The summed E-state index contributed by atoms with van der Waals surface area (Å²) in [6.45, 7) is 4.50. The summed E-state index contributed by atoms with van der Waals surface area (Å²) in [5.41, 5.74) is 2.44. The number of aromatic amines is 1. The van der Waals surface area contributed by atoms with Gasteiger partial charge in [-0.25, -0.2) is 0 Å². The molecule has 6 nitrogen and oxygen atoms in total. The van der Waals surface area contributed by atoms with Crippen LogP contribution in [0, 0.1) is 0 Å². The van der Waals surface area contributed by atoms with Gasteiger partial charge in [0, 0.05) is 35.5 Å². The van der Waals surface area contributed by atoms with E-state index in [0.717, 1.165) is 16.5 Å². The molecule has 8 heteroatoms. The number of benzene rings is 2. The molecule has 164 valence electrons. The first-order valence-corrected chi connectivity index (χ1v) is 11.1. The van der Waals surface area contributed by atoms with E-state index in [1.54, 1.807) is 21.9 Å². The number of carbonyl (C=O) groups excluding carboxylic acids is 2. The first-order valence-electron chi connectivity index (χ1n) is 10.3. The van der Waals surface area contributed by atoms with Crippen LogP contribution in [0.4, 0.5) is 5.69 Å². The highest BCUT2D eigenvalue weighted by molar-refractivity contribution is 7.80. The van der Waals surface area contributed by atoms with Crippen LogP contribution >= 0.6 is 23.8 Å². The summed E-state index contributed by atoms with van der Waals surface area (Å²) in [6, 6.07) is 14.3. The van der Waals surface area contributed by atoms with Crippen LogP contribution in [-0.2, 0) is 16.1 Å². The van der Waals surface area contributed by atoms with Crippen molar-refractivity contribution < 1.29 is 9.59 Å². The molecule has 1 atom stereocenters. The summed E-state index contributed by atoms with van der Waals surface area (Å²) in [7, 11) is 0. The normalized spacial score (nSPS) is 16.1. The maximum Gasteiger partial charge on any atom is 0.252 e. The smallest absolute Gasteiger partial charge is 0.252 e. The number of amides is 2.